The molecule has 0 aromatic heterocycles. The van der Waals surface area contributed by atoms with E-state index in [0.29, 0.717) is 43.4 Å². The first-order chi connectivity index (χ1) is 16.6. The monoisotopic (exact) mass is 462 g/mol. The van der Waals surface area contributed by atoms with E-state index in [1.54, 1.807) is 12.1 Å². The topological polar surface area (TPSA) is 82.8 Å². The molecule has 1 amide bonds. The standard InChI is InChI=1S/C28H34N2O4/c1-3-16-32-24-14-15-26(27(19-24)33-17-4-2)30-28(31)25(29)18-21-10-12-23(13-11-21)34-20-22-8-6-5-7-9-22/h5-15,19,25H,3-4,16-18,20,29H2,1-2H3,(H,30,31)/t25-/m1/s1. The van der Waals surface area contributed by atoms with E-state index in [0.717, 1.165) is 29.7 Å². The number of anilines is 1. The van der Waals surface area contributed by atoms with Crippen LogP contribution in [-0.2, 0) is 17.8 Å². The van der Waals surface area contributed by atoms with Gasteiger partial charge in [-0.1, -0.05) is 56.3 Å². The number of nitrogens with one attached hydrogen (secondary N) is 1. The number of benzene rings is 3. The van der Waals surface area contributed by atoms with Crippen molar-refractivity contribution >= 4 is 11.6 Å². The fraction of sp³-hybridized carbons (Fsp3) is 0.321. The van der Waals surface area contributed by atoms with Crippen LogP contribution in [-0.4, -0.2) is 25.2 Å². The van der Waals surface area contributed by atoms with Crippen LogP contribution < -0.4 is 25.3 Å². The minimum atomic E-state index is -0.703. The van der Waals surface area contributed by atoms with Crippen LogP contribution in [0.4, 0.5) is 5.69 Å². The van der Waals surface area contributed by atoms with Gasteiger partial charge >= 0.3 is 0 Å². The van der Waals surface area contributed by atoms with Gasteiger partial charge in [-0.25, -0.2) is 0 Å². The number of rotatable bonds is 13. The lowest BCUT2D eigenvalue weighted by molar-refractivity contribution is -0.117. The smallest absolute Gasteiger partial charge is 0.241 e. The normalized spacial score (nSPS) is 11.5. The van der Waals surface area contributed by atoms with Gasteiger partial charge in [0.25, 0.3) is 0 Å². The fourth-order valence-corrected chi connectivity index (χ4v) is 3.28. The molecular formula is C28H34N2O4. The Morgan fingerprint density at radius 2 is 1.50 bits per heavy atom. The van der Waals surface area contributed by atoms with Gasteiger partial charge in [-0.2, -0.15) is 0 Å². The Morgan fingerprint density at radius 1 is 0.824 bits per heavy atom. The molecule has 0 unspecified atom stereocenters. The summed E-state index contributed by atoms with van der Waals surface area (Å²) in [7, 11) is 0. The third-order valence-corrected chi connectivity index (χ3v) is 5.11. The molecule has 0 fully saturated rings. The maximum atomic E-state index is 12.8. The maximum Gasteiger partial charge on any atom is 0.241 e. The third-order valence-electron chi connectivity index (χ3n) is 5.11. The predicted molar refractivity (Wildman–Crippen MR) is 136 cm³/mol. The summed E-state index contributed by atoms with van der Waals surface area (Å²) in [6.45, 7) is 5.76. The zero-order chi connectivity index (χ0) is 24.2. The third kappa shape index (κ3) is 7.81. The van der Waals surface area contributed by atoms with Crippen molar-refractivity contribution in [2.75, 3.05) is 18.5 Å². The zero-order valence-corrected chi connectivity index (χ0v) is 20.0. The van der Waals surface area contributed by atoms with E-state index in [4.69, 9.17) is 19.9 Å². The summed E-state index contributed by atoms with van der Waals surface area (Å²) in [4.78, 5) is 12.8. The van der Waals surface area contributed by atoms with Crippen LogP contribution in [0.1, 0.15) is 37.8 Å². The molecule has 6 nitrogen and oxygen atoms in total. The van der Waals surface area contributed by atoms with Gasteiger partial charge in [0, 0.05) is 6.07 Å². The summed E-state index contributed by atoms with van der Waals surface area (Å²) in [5.74, 6) is 1.79. The van der Waals surface area contributed by atoms with Crippen molar-refractivity contribution in [3.8, 4) is 17.2 Å². The second kappa shape index (κ2) is 13.3. The van der Waals surface area contributed by atoms with Gasteiger partial charge in [-0.15, -0.1) is 0 Å². The molecular weight excluding hydrogens is 428 g/mol. The maximum absolute atomic E-state index is 12.8. The molecule has 6 heteroatoms. The molecule has 0 bridgehead atoms. The Labute approximate surface area is 202 Å². The summed E-state index contributed by atoms with van der Waals surface area (Å²) < 4.78 is 17.3. The van der Waals surface area contributed by atoms with E-state index in [1.807, 2.05) is 67.6 Å². The average molecular weight is 463 g/mol. The second-order valence-electron chi connectivity index (χ2n) is 8.07. The first kappa shape index (κ1) is 25.1. The van der Waals surface area contributed by atoms with Crippen LogP contribution in [0.5, 0.6) is 17.2 Å². The highest BCUT2D eigenvalue weighted by Gasteiger charge is 2.17. The molecule has 3 N–H and O–H groups in total. The van der Waals surface area contributed by atoms with Gasteiger partial charge in [0.1, 0.15) is 23.9 Å². The number of nitrogens with two attached hydrogens (primary N) is 1. The molecule has 180 valence electrons. The number of hydrogen-bond donors (Lipinski definition) is 2. The van der Waals surface area contributed by atoms with Gasteiger partial charge in [-0.3, -0.25) is 4.79 Å². The summed E-state index contributed by atoms with van der Waals surface area (Å²) in [5.41, 5.74) is 8.86. The Kier molecular flexibility index (Phi) is 9.80. The Balaban J connectivity index is 1.56. The Morgan fingerprint density at radius 3 is 2.21 bits per heavy atom. The van der Waals surface area contributed by atoms with Gasteiger partial charge in [0.05, 0.1) is 24.9 Å². The highest BCUT2D eigenvalue weighted by molar-refractivity contribution is 5.96. The first-order valence-corrected chi connectivity index (χ1v) is 11.8. The molecule has 34 heavy (non-hydrogen) atoms. The van der Waals surface area contributed by atoms with Crippen molar-refractivity contribution in [2.24, 2.45) is 5.73 Å². The molecule has 0 radical (unpaired) electrons. The molecule has 3 aromatic rings. The van der Waals surface area contributed by atoms with E-state index in [-0.39, 0.29) is 5.91 Å². The Hall–Kier alpha value is -3.51. The van der Waals surface area contributed by atoms with Gasteiger partial charge in [-0.05, 0) is 54.7 Å². The first-order valence-electron chi connectivity index (χ1n) is 11.8. The zero-order valence-electron chi connectivity index (χ0n) is 20.0. The number of hydrogen-bond acceptors (Lipinski definition) is 5. The molecule has 0 aliphatic rings. The van der Waals surface area contributed by atoms with Crippen LogP contribution in [0.2, 0.25) is 0 Å². The molecule has 3 rings (SSSR count). The summed E-state index contributed by atoms with van der Waals surface area (Å²) in [5, 5.41) is 2.90. The van der Waals surface area contributed by atoms with E-state index in [9.17, 15) is 4.79 Å². The summed E-state index contributed by atoms with van der Waals surface area (Å²) in [6, 6.07) is 22.4. The highest BCUT2D eigenvalue weighted by atomic mass is 16.5. The molecule has 0 aliphatic carbocycles. The van der Waals surface area contributed by atoms with Crippen LogP contribution in [0.15, 0.2) is 72.8 Å². The number of carbonyl (C=O) groups excluding carboxylic acids is 1. The van der Waals surface area contributed by atoms with Crippen molar-refractivity contribution in [2.45, 2.75) is 45.8 Å². The lowest BCUT2D eigenvalue weighted by Gasteiger charge is -2.17. The van der Waals surface area contributed by atoms with Gasteiger partial charge in [0.2, 0.25) is 5.91 Å². The van der Waals surface area contributed by atoms with Crippen LogP contribution in [0, 0.1) is 0 Å². The summed E-state index contributed by atoms with van der Waals surface area (Å²) >= 11 is 0. The van der Waals surface area contributed by atoms with Crippen LogP contribution in [0.25, 0.3) is 0 Å². The van der Waals surface area contributed by atoms with E-state index in [2.05, 4.69) is 12.2 Å². The quantitative estimate of drug-likeness (QED) is 0.358. The molecule has 0 saturated heterocycles. The van der Waals surface area contributed by atoms with E-state index < -0.39 is 6.04 Å². The van der Waals surface area contributed by atoms with Crippen LogP contribution >= 0.6 is 0 Å². The number of amides is 1. The fourth-order valence-electron chi connectivity index (χ4n) is 3.28. The Bertz CT molecular complexity index is 1020. The number of ether oxygens (including phenoxy) is 3. The van der Waals surface area contributed by atoms with Crippen molar-refractivity contribution in [3.05, 3.63) is 83.9 Å². The van der Waals surface area contributed by atoms with Crippen molar-refractivity contribution in [1.82, 2.24) is 0 Å². The van der Waals surface area contributed by atoms with Gasteiger partial charge in [0.15, 0.2) is 0 Å². The molecule has 3 aromatic carbocycles. The molecule has 0 saturated carbocycles. The average Bonchev–Trinajstić information content (AvgIpc) is 2.87. The minimum Gasteiger partial charge on any atom is -0.493 e. The van der Waals surface area contributed by atoms with Crippen molar-refractivity contribution in [3.63, 3.8) is 0 Å². The second-order valence-corrected chi connectivity index (χ2v) is 8.07. The highest BCUT2D eigenvalue weighted by Crippen LogP contribution is 2.30. The van der Waals surface area contributed by atoms with E-state index >= 15 is 0 Å². The van der Waals surface area contributed by atoms with Crippen LogP contribution in [0.3, 0.4) is 0 Å². The lowest BCUT2D eigenvalue weighted by atomic mass is 10.1. The van der Waals surface area contributed by atoms with Crippen molar-refractivity contribution in [1.29, 1.82) is 0 Å². The largest absolute Gasteiger partial charge is 0.493 e. The SMILES string of the molecule is CCCOc1ccc(NC(=O)[C@H](N)Cc2ccc(OCc3ccccc3)cc2)c(OCCC)c1. The minimum absolute atomic E-state index is 0.270. The van der Waals surface area contributed by atoms with Crippen molar-refractivity contribution < 1.29 is 19.0 Å². The summed E-state index contributed by atoms with van der Waals surface area (Å²) in [6.07, 6.45) is 2.18. The number of carbonyl (C=O) groups is 1. The molecule has 1 atom stereocenters. The van der Waals surface area contributed by atoms with E-state index in [1.165, 1.54) is 0 Å². The molecule has 0 spiro atoms. The predicted octanol–water partition coefficient (Wildman–Crippen LogP) is 5.35. The molecule has 0 heterocycles. The van der Waals surface area contributed by atoms with Gasteiger partial charge < -0.3 is 25.3 Å². The lowest BCUT2D eigenvalue weighted by Crippen LogP contribution is -2.37. The molecule has 0 aliphatic heterocycles.